The normalized spacial score (nSPS) is 32.4. The van der Waals surface area contributed by atoms with Crippen LogP contribution in [-0.2, 0) is 9.59 Å². The summed E-state index contributed by atoms with van der Waals surface area (Å²) in [6.45, 7) is 1.15. The van der Waals surface area contributed by atoms with Crippen LogP contribution in [0.1, 0.15) is 38.5 Å². The second kappa shape index (κ2) is 3.72. The van der Waals surface area contributed by atoms with Crippen molar-refractivity contribution in [3.63, 3.8) is 0 Å². The van der Waals surface area contributed by atoms with Gasteiger partial charge in [-0.25, -0.2) is 0 Å². The summed E-state index contributed by atoms with van der Waals surface area (Å²) < 4.78 is 0. The van der Waals surface area contributed by atoms with Crippen LogP contribution in [0.3, 0.4) is 0 Å². The van der Waals surface area contributed by atoms with Crippen molar-refractivity contribution in [1.29, 1.82) is 0 Å². The van der Waals surface area contributed by atoms with Crippen molar-refractivity contribution in [3.05, 3.63) is 0 Å². The molecule has 0 bridgehead atoms. The monoisotopic (exact) mass is 248 g/mol. The molecule has 0 aromatic rings. The summed E-state index contributed by atoms with van der Waals surface area (Å²) in [5.41, 5.74) is 0. The van der Waals surface area contributed by atoms with Crippen LogP contribution in [0.4, 0.5) is 0 Å². The van der Waals surface area contributed by atoms with E-state index in [0.717, 1.165) is 19.4 Å². The molecule has 0 aromatic carbocycles. The Hall–Kier alpha value is -1.06. The number of fused-ring (bicyclic) bond motifs is 1. The highest BCUT2D eigenvalue weighted by molar-refractivity contribution is 5.95. The fraction of sp³-hybridized carbons (Fsp3) is 0.857. The lowest BCUT2D eigenvalue weighted by atomic mass is 10.0. The van der Waals surface area contributed by atoms with Gasteiger partial charge in [0.25, 0.3) is 0 Å². The van der Waals surface area contributed by atoms with Gasteiger partial charge in [-0.3, -0.25) is 9.59 Å². The Morgan fingerprint density at radius 2 is 1.67 bits per heavy atom. The first-order valence-electron chi connectivity index (χ1n) is 7.35. The van der Waals surface area contributed by atoms with Crippen LogP contribution < -0.4 is 0 Å². The number of rotatable bonds is 3. The third-order valence-corrected chi connectivity index (χ3v) is 5.02. The van der Waals surface area contributed by atoms with E-state index in [9.17, 15) is 9.59 Å². The van der Waals surface area contributed by atoms with Crippen molar-refractivity contribution in [1.82, 2.24) is 9.80 Å². The zero-order chi connectivity index (χ0) is 12.3. The number of carbonyl (C=O) groups excluding carboxylic acids is 2. The van der Waals surface area contributed by atoms with Gasteiger partial charge in [-0.1, -0.05) is 0 Å². The molecule has 2 aliphatic carbocycles. The average Bonchev–Trinajstić information content (AvgIpc) is 3.27. The van der Waals surface area contributed by atoms with Gasteiger partial charge in [-0.15, -0.1) is 0 Å². The second-order valence-corrected chi connectivity index (χ2v) is 6.38. The second-order valence-electron chi connectivity index (χ2n) is 6.38. The van der Waals surface area contributed by atoms with E-state index in [1.807, 2.05) is 9.80 Å². The minimum atomic E-state index is -0.119. The Balaban J connectivity index is 1.59. The van der Waals surface area contributed by atoms with Gasteiger partial charge in [0, 0.05) is 12.6 Å². The number of amides is 2. The van der Waals surface area contributed by atoms with E-state index in [1.165, 1.54) is 25.7 Å². The minimum Gasteiger partial charge on any atom is -0.329 e. The molecule has 0 N–H and O–H groups in total. The number of hydrogen-bond donors (Lipinski definition) is 0. The number of nitrogens with zero attached hydrogens (tertiary/aromatic N) is 2. The van der Waals surface area contributed by atoms with E-state index in [2.05, 4.69) is 0 Å². The molecule has 2 heterocycles. The van der Waals surface area contributed by atoms with Crippen LogP contribution in [-0.4, -0.2) is 46.8 Å². The van der Waals surface area contributed by atoms with Gasteiger partial charge in [-0.05, 0) is 50.4 Å². The Bertz CT molecular complexity index is 389. The van der Waals surface area contributed by atoms with Crippen molar-refractivity contribution < 1.29 is 9.59 Å². The number of piperazine rings is 1. The van der Waals surface area contributed by atoms with E-state index < -0.39 is 0 Å². The summed E-state index contributed by atoms with van der Waals surface area (Å²) in [7, 11) is 0. The van der Waals surface area contributed by atoms with E-state index in [4.69, 9.17) is 0 Å². The molecule has 2 aliphatic heterocycles. The van der Waals surface area contributed by atoms with Crippen molar-refractivity contribution in [3.8, 4) is 0 Å². The first-order chi connectivity index (χ1) is 8.75. The molecule has 4 aliphatic rings. The van der Waals surface area contributed by atoms with E-state index in [1.54, 1.807) is 0 Å². The molecular weight excluding hydrogens is 228 g/mol. The smallest absolute Gasteiger partial charge is 0.246 e. The van der Waals surface area contributed by atoms with Crippen LogP contribution in [0, 0.1) is 11.8 Å². The quantitative estimate of drug-likeness (QED) is 0.748. The Kier molecular flexibility index (Phi) is 2.24. The first-order valence-corrected chi connectivity index (χ1v) is 7.35. The lowest BCUT2D eigenvalue weighted by Crippen LogP contribution is -2.60. The molecule has 2 saturated carbocycles. The molecule has 1 unspecified atom stereocenters. The standard InChI is InChI=1S/C14H20N2O2/c17-12-8-16(13(9-3-4-9)10-5-6-10)14(18)11-2-1-7-15(11)12/h9-11,13H,1-8H2. The summed E-state index contributed by atoms with van der Waals surface area (Å²) in [5, 5.41) is 0. The molecule has 4 rings (SSSR count). The van der Waals surface area contributed by atoms with Gasteiger partial charge in [0.05, 0.1) is 0 Å². The summed E-state index contributed by atoms with van der Waals surface area (Å²) in [6, 6.07) is 0.274. The molecule has 18 heavy (non-hydrogen) atoms. The molecule has 98 valence electrons. The van der Waals surface area contributed by atoms with Crippen LogP contribution in [0.5, 0.6) is 0 Å². The van der Waals surface area contributed by atoms with Crippen LogP contribution in [0.15, 0.2) is 0 Å². The van der Waals surface area contributed by atoms with Crippen LogP contribution in [0.2, 0.25) is 0 Å². The molecule has 4 nitrogen and oxygen atoms in total. The SMILES string of the molecule is O=C1CN(C(C2CC2)C2CC2)C(=O)C2CCCN12. The highest BCUT2D eigenvalue weighted by Gasteiger charge is 2.51. The van der Waals surface area contributed by atoms with Crippen LogP contribution >= 0.6 is 0 Å². The molecule has 0 spiro atoms. The molecule has 2 amide bonds. The maximum Gasteiger partial charge on any atom is 0.246 e. The average molecular weight is 248 g/mol. The highest BCUT2D eigenvalue weighted by Crippen LogP contribution is 2.48. The zero-order valence-electron chi connectivity index (χ0n) is 10.7. The third kappa shape index (κ3) is 1.57. The third-order valence-electron chi connectivity index (χ3n) is 5.02. The lowest BCUT2D eigenvalue weighted by Gasteiger charge is -2.41. The number of hydrogen-bond acceptors (Lipinski definition) is 2. The van der Waals surface area contributed by atoms with Gasteiger partial charge in [0.15, 0.2) is 0 Å². The maximum atomic E-state index is 12.6. The van der Waals surface area contributed by atoms with Crippen molar-refractivity contribution in [2.75, 3.05) is 13.1 Å². The summed E-state index contributed by atoms with van der Waals surface area (Å²) >= 11 is 0. The van der Waals surface area contributed by atoms with Crippen LogP contribution in [0.25, 0.3) is 0 Å². The fourth-order valence-corrected chi connectivity index (χ4v) is 3.85. The van der Waals surface area contributed by atoms with Gasteiger partial charge in [0.1, 0.15) is 12.6 Å². The fourth-order valence-electron chi connectivity index (χ4n) is 3.85. The van der Waals surface area contributed by atoms with Crippen molar-refractivity contribution >= 4 is 11.8 Å². The van der Waals surface area contributed by atoms with Gasteiger partial charge < -0.3 is 9.80 Å². The van der Waals surface area contributed by atoms with Crippen molar-refractivity contribution in [2.45, 2.75) is 50.6 Å². The lowest BCUT2D eigenvalue weighted by molar-refractivity contribution is -0.156. The molecule has 0 radical (unpaired) electrons. The molecule has 4 heteroatoms. The topological polar surface area (TPSA) is 40.6 Å². The van der Waals surface area contributed by atoms with Crippen molar-refractivity contribution in [2.24, 2.45) is 11.8 Å². The predicted octanol–water partition coefficient (Wildman–Crippen LogP) is 1.01. The largest absolute Gasteiger partial charge is 0.329 e. The Labute approximate surface area is 107 Å². The molecule has 0 aromatic heterocycles. The molecule has 2 saturated heterocycles. The predicted molar refractivity (Wildman–Crippen MR) is 65.7 cm³/mol. The number of carbonyl (C=O) groups is 2. The van der Waals surface area contributed by atoms with E-state index in [0.29, 0.717) is 24.4 Å². The highest BCUT2D eigenvalue weighted by atomic mass is 16.2. The molecule has 1 atom stereocenters. The van der Waals surface area contributed by atoms with Gasteiger partial charge >= 0.3 is 0 Å². The van der Waals surface area contributed by atoms with Gasteiger partial charge in [-0.2, -0.15) is 0 Å². The first kappa shape index (κ1) is 10.8. The Morgan fingerprint density at radius 3 is 2.28 bits per heavy atom. The maximum absolute atomic E-state index is 12.6. The Morgan fingerprint density at radius 1 is 1.00 bits per heavy atom. The molecular formula is C14H20N2O2. The zero-order valence-corrected chi connectivity index (χ0v) is 10.7. The van der Waals surface area contributed by atoms with E-state index in [-0.39, 0.29) is 17.9 Å². The minimum absolute atomic E-state index is 0.119. The summed E-state index contributed by atoms with van der Waals surface area (Å²) in [4.78, 5) is 28.5. The molecule has 4 fully saturated rings. The van der Waals surface area contributed by atoms with E-state index >= 15 is 0 Å². The van der Waals surface area contributed by atoms with Gasteiger partial charge in [0.2, 0.25) is 11.8 Å². The summed E-state index contributed by atoms with van der Waals surface area (Å²) in [5.74, 6) is 1.82. The summed E-state index contributed by atoms with van der Waals surface area (Å²) in [6.07, 6.45) is 6.90.